The van der Waals surface area contributed by atoms with E-state index in [1.807, 2.05) is 54.6 Å². The van der Waals surface area contributed by atoms with Gasteiger partial charge in [-0.1, -0.05) is 48.5 Å². The number of para-hydroxylation sites is 1. The van der Waals surface area contributed by atoms with Gasteiger partial charge in [0.15, 0.2) is 5.75 Å². The fraction of sp³-hybridized carbons (Fsp3) is 0.308. The number of ether oxygens (including phenoxy) is 2. The van der Waals surface area contributed by atoms with Crippen LogP contribution in [0.3, 0.4) is 0 Å². The second-order valence-electron chi connectivity index (χ2n) is 8.44. The number of hydrogen-bond acceptors (Lipinski definition) is 5. The Hall–Kier alpha value is -3.16. The summed E-state index contributed by atoms with van der Waals surface area (Å²) in [5.74, 6) is 0.218. The van der Waals surface area contributed by atoms with E-state index in [4.69, 9.17) is 9.47 Å². The van der Waals surface area contributed by atoms with E-state index < -0.39 is 0 Å². The summed E-state index contributed by atoms with van der Waals surface area (Å²) >= 11 is 1.34. The molecule has 0 N–H and O–H groups in total. The molecule has 1 saturated heterocycles. The molecular weight excluding hydrogens is 436 g/mol. The van der Waals surface area contributed by atoms with Crippen molar-refractivity contribution >= 4 is 38.2 Å². The van der Waals surface area contributed by atoms with Crippen LogP contribution in [0.5, 0.6) is 5.75 Å². The molecule has 3 heterocycles. The first kappa shape index (κ1) is 21.7. The van der Waals surface area contributed by atoms with Gasteiger partial charge in [-0.25, -0.2) is 0 Å². The third-order valence-electron chi connectivity index (χ3n) is 6.13. The smallest absolute Gasteiger partial charge is 0.267 e. The minimum absolute atomic E-state index is 0.0192. The second-order valence-corrected chi connectivity index (χ2v) is 9.46. The van der Waals surface area contributed by atoms with Crippen molar-refractivity contribution in [1.29, 1.82) is 0 Å². The van der Waals surface area contributed by atoms with Crippen molar-refractivity contribution in [3.63, 3.8) is 0 Å². The largest absolute Gasteiger partial charge is 0.488 e. The third kappa shape index (κ3) is 4.03. The zero-order valence-electron chi connectivity index (χ0n) is 18.7. The van der Waals surface area contributed by atoms with Crippen molar-refractivity contribution in [1.82, 2.24) is 9.47 Å². The SMILES string of the molecule is CN(Cc1ccccc1)C(=O)c1sc2c(c1OCC1CCCO1)c(=O)n(C)c1ccccc21. The first-order valence-electron chi connectivity index (χ1n) is 11.1. The van der Waals surface area contributed by atoms with Crippen molar-refractivity contribution in [2.45, 2.75) is 25.5 Å². The van der Waals surface area contributed by atoms with E-state index in [2.05, 4.69) is 0 Å². The Morgan fingerprint density at radius 2 is 1.94 bits per heavy atom. The van der Waals surface area contributed by atoms with Crippen LogP contribution in [-0.2, 0) is 18.3 Å². The highest BCUT2D eigenvalue weighted by atomic mass is 32.1. The van der Waals surface area contributed by atoms with Gasteiger partial charge in [0.1, 0.15) is 16.9 Å². The summed E-state index contributed by atoms with van der Waals surface area (Å²) in [6, 6.07) is 17.6. The van der Waals surface area contributed by atoms with Crippen LogP contribution in [0.1, 0.15) is 28.1 Å². The fourth-order valence-corrected chi connectivity index (χ4v) is 5.63. The summed E-state index contributed by atoms with van der Waals surface area (Å²) in [7, 11) is 3.54. The molecule has 0 radical (unpaired) electrons. The number of carbonyl (C=O) groups is 1. The van der Waals surface area contributed by atoms with Crippen LogP contribution in [0.2, 0.25) is 0 Å². The molecule has 1 fully saturated rings. The molecule has 170 valence electrons. The summed E-state index contributed by atoms with van der Waals surface area (Å²) < 4.78 is 14.3. The molecule has 4 aromatic rings. The Kier molecular flexibility index (Phi) is 5.91. The summed E-state index contributed by atoms with van der Waals surface area (Å²) in [5, 5.41) is 1.40. The fourth-order valence-electron chi connectivity index (χ4n) is 4.37. The van der Waals surface area contributed by atoms with Crippen LogP contribution in [0.25, 0.3) is 21.0 Å². The van der Waals surface area contributed by atoms with E-state index >= 15 is 0 Å². The first-order valence-corrected chi connectivity index (χ1v) is 11.9. The zero-order valence-corrected chi connectivity index (χ0v) is 19.6. The predicted molar refractivity (Wildman–Crippen MR) is 131 cm³/mol. The van der Waals surface area contributed by atoms with Crippen LogP contribution < -0.4 is 10.3 Å². The highest BCUT2D eigenvalue weighted by Crippen LogP contribution is 2.40. The molecule has 1 aliphatic heterocycles. The molecule has 1 aliphatic rings. The second kappa shape index (κ2) is 9.00. The van der Waals surface area contributed by atoms with E-state index in [0.717, 1.165) is 40.6 Å². The van der Waals surface area contributed by atoms with Crippen LogP contribution in [0, 0.1) is 0 Å². The number of fused-ring (bicyclic) bond motifs is 3. The van der Waals surface area contributed by atoms with Gasteiger partial charge in [-0.05, 0) is 24.5 Å². The van der Waals surface area contributed by atoms with E-state index in [9.17, 15) is 9.59 Å². The van der Waals surface area contributed by atoms with Crippen molar-refractivity contribution in [2.75, 3.05) is 20.3 Å². The van der Waals surface area contributed by atoms with Crippen molar-refractivity contribution in [2.24, 2.45) is 7.05 Å². The highest BCUT2D eigenvalue weighted by molar-refractivity contribution is 7.22. The van der Waals surface area contributed by atoms with Crippen LogP contribution >= 0.6 is 11.3 Å². The molecule has 1 atom stereocenters. The molecule has 7 heteroatoms. The number of nitrogens with zero attached hydrogens (tertiary/aromatic N) is 2. The van der Waals surface area contributed by atoms with Gasteiger partial charge in [-0.3, -0.25) is 9.59 Å². The van der Waals surface area contributed by atoms with Gasteiger partial charge in [0.25, 0.3) is 11.5 Å². The number of benzene rings is 2. The number of amides is 1. The van der Waals surface area contributed by atoms with Crippen molar-refractivity contribution in [3.8, 4) is 5.75 Å². The molecule has 33 heavy (non-hydrogen) atoms. The molecule has 0 spiro atoms. The minimum atomic E-state index is -0.160. The van der Waals surface area contributed by atoms with E-state index in [1.54, 1.807) is 23.6 Å². The van der Waals surface area contributed by atoms with E-state index in [0.29, 0.717) is 29.2 Å². The number of thiophene rings is 1. The number of pyridine rings is 1. The van der Waals surface area contributed by atoms with Crippen molar-refractivity contribution < 1.29 is 14.3 Å². The molecule has 1 amide bonds. The lowest BCUT2D eigenvalue weighted by molar-refractivity contribution is 0.0665. The van der Waals surface area contributed by atoms with Gasteiger partial charge in [-0.15, -0.1) is 11.3 Å². The zero-order chi connectivity index (χ0) is 22.9. The van der Waals surface area contributed by atoms with Gasteiger partial charge in [0, 0.05) is 32.6 Å². The predicted octanol–water partition coefficient (Wildman–Crippen LogP) is 4.58. The Morgan fingerprint density at radius 3 is 2.70 bits per heavy atom. The molecule has 0 saturated carbocycles. The van der Waals surface area contributed by atoms with Gasteiger partial charge in [-0.2, -0.15) is 0 Å². The molecule has 5 rings (SSSR count). The Morgan fingerprint density at radius 1 is 1.18 bits per heavy atom. The van der Waals surface area contributed by atoms with Crippen LogP contribution in [0.15, 0.2) is 59.4 Å². The molecule has 0 bridgehead atoms. The van der Waals surface area contributed by atoms with Gasteiger partial charge >= 0.3 is 0 Å². The third-order valence-corrected chi connectivity index (χ3v) is 7.33. The van der Waals surface area contributed by atoms with Gasteiger partial charge in [0.05, 0.1) is 16.3 Å². The molecule has 6 nitrogen and oxygen atoms in total. The number of carbonyl (C=O) groups excluding carboxylic acids is 1. The normalized spacial score (nSPS) is 15.9. The maximum atomic E-state index is 13.6. The lowest BCUT2D eigenvalue weighted by Gasteiger charge is -2.18. The van der Waals surface area contributed by atoms with E-state index in [1.165, 1.54) is 11.3 Å². The Labute approximate surface area is 196 Å². The topological polar surface area (TPSA) is 60.8 Å². The lowest BCUT2D eigenvalue weighted by atomic mass is 10.1. The number of aryl methyl sites for hydroxylation is 1. The molecular formula is C26H26N2O4S. The first-order chi connectivity index (χ1) is 16.0. The number of aromatic nitrogens is 1. The van der Waals surface area contributed by atoms with E-state index in [-0.39, 0.29) is 17.6 Å². The number of rotatable bonds is 6. The Balaban J connectivity index is 1.62. The molecule has 2 aromatic carbocycles. The lowest BCUT2D eigenvalue weighted by Crippen LogP contribution is -2.26. The summed E-state index contributed by atoms with van der Waals surface area (Å²) in [5.41, 5.74) is 1.71. The van der Waals surface area contributed by atoms with Crippen LogP contribution in [0.4, 0.5) is 0 Å². The van der Waals surface area contributed by atoms with Crippen LogP contribution in [-0.4, -0.2) is 41.7 Å². The standard InChI is InChI=1S/C26H26N2O4S/c1-27(15-17-9-4-3-5-10-17)26(30)24-22(32-16-18-11-8-14-31-18)21-23(33-24)19-12-6-7-13-20(19)28(2)25(21)29/h3-7,9-10,12-13,18H,8,11,14-16H2,1-2H3. The summed E-state index contributed by atoms with van der Waals surface area (Å²) in [4.78, 5) is 29.1. The number of hydrogen-bond donors (Lipinski definition) is 0. The molecule has 0 aliphatic carbocycles. The monoisotopic (exact) mass is 462 g/mol. The molecule has 2 aromatic heterocycles. The average molecular weight is 463 g/mol. The molecule has 1 unspecified atom stereocenters. The summed E-state index contributed by atoms with van der Waals surface area (Å²) in [6.07, 6.45) is 1.89. The summed E-state index contributed by atoms with van der Waals surface area (Å²) in [6.45, 7) is 1.51. The highest BCUT2D eigenvalue weighted by Gasteiger charge is 2.28. The van der Waals surface area contributed by atoms with Gasteiger partial charge in [0.2, 0.25) is 0 Å². The van der Waals surface area contributed by atoms with Gasteiger partial charge < -0.3 is 18.9 Å². The average Bonchev–Trinajstić information content (AvgIpc) is 3.49. The maximum absolute atomic E-state index is 13.6. The minimum Gasteiger partial charge on any atom is -0.488 e. The maximum Gasteiger partial charge on any atom is 0.267 e. The van der Waals surface area contributed by atoms with Crippen molar-refractivity contribution in [3.05, 3.63) is 75.4 Å². The quantitative estimate of drug-likeness (QED) is 0.421. The Bertz CT molecular complexity index is 1370.